The average Bonchev–Trinajstić information content (AvgIpc) is 2.26. The van der Waals surface area contributed by atoms with Gasteiger partial charge in [-0.15, -0.1) is 0 Å². The van der Waals surface area contributed by atoms with Crippen molar-refractivity contribution in [2.45, 2.75) is 19.3 Å². The summed E-state index contributed by atoms with van der Waals surface area (Å²) in [5.74, 6) is -2.94. The minimum absolute atomic E-state index is 0.124. The largest absolute Gasteiger partial charge is 0.486 e. The van der Waals surface area contributed by atoms with Crippen molar-refractivity contribution in [2.24, 2.45) is 0 Å². The van der Waals surface area contributed by atoms with E-state index in [1.54, 1.807) is 12.1 Å². The van der Waals surface area contributed by atoms with Gasteiger partial charge in [0.2, 0.25) is 0 Å². The zero-order valence-corrected chi connectivity index (χ0v) is 11.6. The summed E-state index contributed by atoms with van der Waals surface area (Å²) in [6.45, 7) is 0.0917. The van der Waals surface area contributed by atoms with Crippen molar-refractivity contribution in [3.63, 3.8) is 0 Å². The van der Waals surface area contributed by atoms with Crippen LogP contribution in [0.4, 0.5) is 8.78 Å². The highest BCUT2D eigenvalue weighted by Crippen LogP contribution is 2.27. The van der Waals surface area contributed by atoms with Crippen molar-refractivity contribution in [2.75, 3.05) is 13.7 Å². The second-order valence-corrected chi connectivity index (χ2v) is 4.73. The van der Waals surface area contributed by atoms with Gasteiger partial charge < -0.3 is 9.47 Å². The molecule has 0 radical (unpaired) electrons. The second-order valence-electron chi connectivity index (χ2n) is 3.88. The number of carbonyl (C=O) groups excluding carboxylic acids is 1. The van der Waals surface area contributed by atoms with Crippen LogP contribution in [0, 0.1) is 0 Å². The number of esters is 1. The molecular weight excluding hydrogens is 310 g/mol. The molecule has 0 spiro atoms. The summed E-state index contributed by atoms with van der Waals surface area (Å²) < 4.78 is 35.3. The lowest BCUT2D eigenvalue weighted by molar-refractivity contribution is -0.139. The van der Waals surface area contributed by atoms with Crippen LogP contribution in [-0.2, 0) is 16.0 Å². The first-order valence-electron chi connectivity index (χ1n) is 5.17. The van der Waals surface area contributed by atoms with E-state index in [0.717, 1.165) is 6.92 Å². The van der Waals surface area contributed by atoms with Gasteiger partial charge >= 0.3 is 5.97 Å². The Morgan fingerprint density at radius 1 is 1.44 bits per heavy atom. The normalized spacial score (nSPS) is 11.2. The monoisotopic (exact) mass is 322 g/mol. The molecule has 0 amide bonds. The van der Waals surface area contributed by atoms with Crippen LogP contribution in [0.5, 0.6) is 5.75 Å². The first-order chi connectivity index (χ1) is 8.31. The number of hydrogen-bond donors (Lipinski definition) is 0. The van der Waals surface area contributed by atoms with E-state index in [0.29, 0.717) is 15.8 Å². The summed E-state index contributed by atoms with van der Waals surface area (Å²) in [7, 11) is 1.30. The van der Waals surface area contributed by atoms with Gasteiger partial charge in [-0.2, -0.15) is 0 Å². The molecule has 0 heterocycles. The molecule has 0 atom stereocenters. The Kier molecular flexibility index (Phi) is 5.07. The van der Waals surface area contributed by atoms with Gasteiger partial charge in [0, 0.05) is 6.92 Å². The third-order valence-electron chi connectivity index (χ3n) is 2.05. The summed E-state index contributed by atoms with van der Waals surface area (Å²) in [5, 5.41) is 0. The van der Waals surface area contributed by atoms with Crippen LogP contribution in [0.25, 0.3) is 0 Å². The minimum Gasteiger partial charge on any atom is -0.486 e. The van der Waals surface area contributed by atoms with Crippen LogP contribution in [0.3, 0.4) is 0 Å². The molecule has 18 heavy (non-hydrogen) atoms. The first kappa shape index (κ1) is 14.9. The van der Waals surface area contributed by atoms with Crippen molar-refractivity contribution < 1.29 is 23.0 Å². The SMILES string of the molecule is COC(=O)Cc1ccc(OCC(C)(F)F)c(Br)c1. The van der Waals surface area contributed by atoms with Gasteiger partial charge in [0.15, 0.2) is 6.61 Å². The van der Waals surface area contributed by atoms with Crippen LogP contribution in [0.1, 0.15) is 12.5 Å². The minimum atomic E-state index is -2.88. The molecule has 0 unspecified atom stereocenters. The van der Waals surface area contributed by atoms with E-state index < -0.39 is 12.5 Å². The second kappa shape index (κ2) is 6.13. The molecule has 0 saturated carbocycles. The summed E-state index contributed by atoms with van der Waals surface area (Å²) in [6, 6.07) is 4.80. The third-order valence-corrected chi connectivity index (χ3v) is 2.67. The predicted octanol–water partition coefficient (Wildman–Crippen LogP) is 3.20. The van der Waals surface area contributed by atoms with Crippen LogP contribution in [-0.4, -0.2) is 25.6 Å². The number of halogens is 3. The topological polar surface area (TPSA) is 35.5 Å². The quantitative estimate of drug-likeness (QED) is 0.781. The number of carbonyl (C=O) groups is 1. The number of rotatable bonds is 5. The first-order valence-corrected chi connectivity index (χ1v) is 5.97. The molecule has 100 valence electrons. The molecule has 0 saturated heterocycles. The Bertz CT molecular complexity index is 430. The zero-order chi connectivity index (χ0) is 13.8. The maximum absolute atomic E-state index is 12.6. The van der Waals surface area contributed by atoms with Crippen LogP contribution < -0.4 is 4.74 Å². The van der Waals surface area contributed by atoms with E-state index >= 15 is 0 Å². The number of hydrogen-bond acceptors (Lipinski definition) is 3. The molecule has 0 fully saturated rings. The molecule has 1 aromatic rings. The number of methoxy groups -OCH3 is 1. The molecule has 6 heteroatoms. The Hall–Kier alpha value is -1.17. The van der Waals surface area contributed by atoms with Gasteiger partial charge in [0.05, 0.1) is 18.0 Å². The van der Waals surface area contributed by atoms with E-state index in [2.05, 4.69) is 20.7 Å². The maximum Gasteiger partial charge on any atom is 0.309 e. The van der Waals surface area contributed by atoms with Crippen molar-refractivity contribution >= 4 is 21.9 Å². The fourth-order valence-corrected chi connectivity index (χ4v) is 1.76. The standard InChI is InChI=1S/C12H13BrF2O3/c1-12(14,15)7-18-10-4-3-8(5-9(10)13)6-11(16)17-2/h3-5H,6-7H2,1-2H3. The lowest BCUT2D eigenvalue weighted by Crippen LogP contribution is -2.21. The van der Waals surface area contributed by atoms with E-state index in [1.165, 1.54) is 13.2 Å². The Morgan fingerprint density at radius 2 is 2.11 bits per heavy atom. The highest BCUT2D eigenvalue weighted by molar-refractivity contribution is 9.10. The molecule has 3 nitrogen and oxygen atoms in total. The number of alkyl halides is 2. The van der Waals surface area contributed by atoms with Gasteiger partial charge in [-0.3, -0.25) is 4.79 Å². The van der Waals surface area contributed by atoms with Gasteiger partial charge in [0.25, 0.3) is 5.92 Å². The number of ether oxygens (including phenoxy) is 2. The summed E-state index contributed by atoms with van der Waals surface area (Å²) >= 11 is 3.20. The highest BCUT2D eigenvalue weighted by atomic mass is 79.9. The van der Waals surface area contributed by atoms with Gasteiger partial charge in [-0.05, 0) is 33.6 Å². The maximum atomic E-state index is 12.6. The molecule has 0 aromatic heterocycles. The summed E-state index contributed by atoms with van der Waals surface area (Å²) in [5.41, 5.74) is 0.712. The third kappa shape index (κ3) is 5.00. The van der Waals surface area contributed by atoms with Crippen LogP contribution in [0.15, 0.2) is 22.7 Å². The average molecular weight is 323 g/mol. The molecule has 0 bridgehead atoms. The molecule has 1 rings (SSSR count). The van der Waals surface area contributed by atoms with Crippen LogP contribution >= 0.6 is 15.9 Å². The van der Waals surface area contributed by atoms with Crippen LogP contribution in [0.2, 0.25) is 0 Å². The van der Waals surface area contributed by atoms with E-state index in [9.17, 15) is 13.6 Å². The van der Waals surface area contributed by atoms with Crippen molar-refractivity contribution in [3.05, 3.63) is 28.2 Å². The van der Waals surface area contributed by atoms with Crippen molar-refractivity contribution in [3.8, 4) is 5.75 Å². The van der Waals surface area contributed by atoms with E-state index in [-0.39, 0.29) is 12.4 Å². The zero-order valence-electron chi connectivity index (χ0n) is 10.0. The summed E-state index contributed by atoms with van der Waals surface area (Å²) in [4.78, 5) is 11.1. The Balaban J connectivity index is 2.71. The van der Waals surface area contributed by atoms with Gasteiger partial charge in [-0.25, -0.2) is 8.78 Å². The van der Waals surface area contributed by atoms with Gasteiger partial charge in [0.1, 0.15) is 5.75 Å². The lowest BCUT2D eigenvalue weighted by atomic mass is 10.1. The summed E-state index contributed by atoms with van der Waals surface area (Å²) in [6.07, 6.45) is 0.124. The Labute approximate surface area is 112 Å². The molecule has 0 N–H and O–H groups in total. The Morgan fingerprint density at radius 3 is 2.61 bits per heavy atom. The molecule has 0 aliphatic heterocycles. The fraction of sp³-hybridized carbons (Fsp3) is 0.417. The van der Waals surface area contributed by atoms with E-state index in [1.807, 2.05) is 0 Å². The van der Waals surface area contributed by atoms with Crippen molar-refractivity contribution in [1.82, 2.24) is 0 Å². The lowest BCUT2D eigenvalue weighted by Gasteiger charge is -2.13. The molecule has 1 aromatic carbocycles. The highest BCUT2D eigenvalue weighted by Gasteiger charge is 2.22. The van der Waals surface area contributed by atoms with Gasteiger partial charge in [-0.1, -0.05) is 6.07 Å². The number of benzene rings is 1. The smallest absolute Gasteiger partial charge is 0.309 e. The predicted molar refractivity (Wildman–Crippen MR) is 66.0 cm³/mol. The molecule has 0 aliphatic rings. The van der Waals surface area contributed by atoms with E-state index in [4.69, 9.17) is 4.74 Å². The molecular formula is C12H13BrF2O3. The van der Waals surface area contributed by atoms with Crippen molar-refractivity contribution in [1.29, 1.82) is 0 Å². The fourth-order valence-electron chi connectivity index (χ4n) is 1.21. The molecule has 0 aliphatic carbocycles.